The lowest BCUT2D eigenvalue weighted by Gasteiger charge is -2.35. The predicted molar refractivity (Wildman–Crippen MR) is 117 cm³/mol. The molecule has 1 fully saturated rings. The summed E-state index contributed by atoms with van der Waals surface area (Å²) in [7, 11) is 1.86. The summed E-state index contributed by atoms with van der Waals surface area (Å²) in [4.78, 5) is 9.44. The third-order valence-electron chi connectivity index (χ3n) is 4.81. The van der Waals surface area contributed by atoms with Crippen LogP contribution < -0.4 is 10.6 Å². The Morgan fingerprint density at radius 1 is 1.08 bits per heavy atom. The normalized spacial score (nSPS) is 17.7. The first-order valence-corrected chi connectivity index (χ1v) is 9.32. The van der Waals surface area contributed by atoms with Crippen LogP contribution in [0.5, 0.6) is 0 Å². The van der Waals surface area contributed by atoms with E-state index in [1.54, 1.807) is 0 Å². The molecule has 0 unspecified atom stereocenters. The number of hydrogen-bond donors (Lipinski definition) is 2. The van der Waals surface area contributed by atoms with Gasteiger partial charge in [-0.2, -0.15) is 0 Å². The summed E-state index contributed by atoms with van der Waals surface area (Å²) in [6.45, 7) is 17.9. The van der Waals surface area contributed by atoms with Gasteiger partial charge < -0.3 is 15.5 Å². The number of piperidine rings is 1. The summed E-state index contributed by atoms with van der Waals surface area (Å²) < 4.78 is 0. The third-order valence-corrected chi connectivity index (χ3v) is 4.81. The van der Waals surface area contributed by atoms with Gasteiger partial charge in [-0.15, -0.1) is 24.0 Å². The van der Waals surface area contributed by atoms with Crippen LogP contribution in [0.2, 0.25) is 0 Å². The fraction of sp³-hybridized carbons (Fsp3) is 0.944. The summed E-state index contributed by atoms with van der Waals surface area (Å²) in [6.07, 6.45) is 2.39. The highest BCUT2D eigenvalue weighted by molar-refractivity contribution is 14.0. The molecule has 1 aliphatic heterocycles. The monoisotopic (exact) mass is 453 g/mol. The molecule has 5 nitrogen and oxygen atoms in total. The quantitative estimate of drug-likeness (QED) is 0.354. The second kappa shape index (κ2) is 12.3. The molecule has 144 valence electrons. The van der Waals surface area contributed by atoms with E-state index >= 15 is 0 Å². The molecule has 24 heavy (non-hydrogen) atoms. The molecule has 0 aromatic carbocycles. The lowest BCUT2D eigenvalue weighted by molar-refractivity contribution is 0.166. The van der Waals surface area contributed by atoms with Gasteiger partial charge in [-0.25, -0.2) is 0 Å². The van der Waals surface area contributed by atoms with Crippen molar-refractivity contribution in [1.29, 1.82) is 0 Å². The molecule has 0 saturated carbocycles. The summed E-state index contributed by atoms with van der Waals surface area (Å²) in [5.74, 6) is 0.945. The molecule has 6 heteroatoms. The first kappa shape index (κ1) is 23.9. The van der Waals surface area contributed by atoms with Crippen molar-refractivity contribution >= 4 is 29.9 Å². The minimum absolute atomic E-state index is 0. The first-order chi connectivity index (χ1) is 10.8. The number of rotatable bonds is 7. The molecule has 2 N–H and O–H groups in total. The number of halogens is 1. The van der Waals surface area contributed by atoms with Gasteiger partial charge in [0.25, 0.3) is 0 Å². The van der Waals surface area contributed by atoms with Crippen LogP contribution in [0.15, 0.2) is 4.99 Å². The highest BCUT2D eigenvalue weighted by Gasteiger charge is 2.21. The molecule has 1 saturated heterocycles. The van der Waals surface area contributed by atoms with E-state index in [0.717, 1.165) is 19.0 Å². The van der Waals surface area contributed by atoms with E-state index in [-0.39, 0.29) is 24.0 Å². The topological polar surface area (TPSA) is 42.9 Å². The standard InChI is InChI=1S/C18H39N5.HI/c1-14(2)22-11-8-17(9-12-22)21-18(19-7)20-10-13-23(15(3)4)16(5)6;/h14-17H,8-13H2,1-7H3,(H2,19,20,21);1H. The zero-order chi connectivity index (χ0) is 17.4. The molecule has 0 radical (unpaired) electrons. The Labute approximate surface area is 167 Å². The fourth-order valence-corrected chi connectivity index (χ4v) is 3.36. The largest absolute Gasteiger partial charge is 0.355 e. The smallest absolute Gasteiger partial charge is 0.191 e. The van der Waals surface area contributed by atoms with Crippen LogP contribution in [-0.4, -0.2) is 73.2 Å². The average Bonchev–Trinajstić information content (AvgIpc) is 2.49. The second-order valence-corrected chi connectivity index (χ2v) is 7.47. The van der Waals surface area contributed by atoms with Crippen LogP contribution in [0.25, 0.3) is 0 Å². The highest BCUT2D eigenvalue weighted by atomic mass is 127. The molecular formula is C18H40IN5. The third kappa shape index (κ3) is 8.34. The number of nitrogens with zero attached hydrogens (tertiary/aromatic N) is 3. The first-order valence-electron chi connectivity index (χ1n) is 9.32. The van der Waals surface area contributed by atoms with Crippen LogP contribution in [0.4, 0.5) is 0 Å². The Kier molecular flexibility index (Phi) is 12.3. The number of guanidine groups is 1. The molecule has 0 aromatic heterocycles. The maximum Gasteiger partial charge on any atom is 0.191 e. The van der Waals surface area contributed by atoms with Crippen molar-refractivity contribution in [2.24, 2.45) is 4.99 Å². The highest BCUT2D eigenvalue weighted by Crippen LogP contribution is 2.12. The van der Waals surface area contributed by atoms with Gasteiger partial charge in [-0.05, 0) is 54.4 Å². The number of aliphatic imine (C=N–C) groups is 1. The fourth-order valence-electron chi connectivity index (χ4n) is 3.36. The van der Waals surface area contributed by atoms with Crippen molar-refractivity contribution in [3.63, 3.8) is 0 Å². The van der Waals surface area contributed by atoms with E-state index in [2.05, 4.69) is 67.0 Å². The molecular weight excluding hydrogens is 413 g/mol. The molecule has 0 bridgehead atoms. The van der Waals surface area contributed by atoms with Gasteiger partial charge in [0.05, 0.1) is 0 Å². The molecule has 0 aromatic rings. The molecule has 1 heterocycles. The van der Waals surface area contributed by atoms with Crippen LogP contribution in [-0.2, 0) is 0 Å². The van der Waals surface area contributed by atoms with Crippen molar-refractivity contribution in [3.8, 4) is 0 Å². The Hall–Kier alpha value is -0.0800. The summed E-state index contributed by atoms with van der Waals surface area (Å²) in [5, 5.41) is 7.07. The van der Waals surface area contributed by atoms with Gasteiger partial charge in [-0.1, -0.05) is 0 Å². The van der Waals surface area contributed by atoms with E-state index in [0.29, 0.717) is 24.2 Å². The summed E-state index contributed by atoms with van der Waals surface area (Å²) in [5.41, 5.74) is 0. The van der Waals surface area contributed by atoms with E-state index in [1.807, 2.05) is 7.05 Å². The van der Waals surface area contributed by atoms with E-state index in [4.69, 9.17) is 0 Å². The second-order valence-electron chi connectivity index (χ2n) is 7.47. The minimum Gasteiger partial charge on any atom is -0.355 e. The summed E-state index contributed by atoms with van der Waals surface area (Å²) in [6, 6.07) is 2.35. The number of nitrogens with one attached hydrogen (secondary N) is 2. The van der Waals surface area contributed by atoms with Crippen molar-refractivity contribution < 1.29 is 0 Å². The van der Waals surface area contributed by atoms with Crippen LogP contribution in [0, 0.1) is 0 Å². The molecule has 0 spiro atoms. The molecule has 1 aliphatic rings. The Bertz CT molecular complexity index is 341. The van der Waals surface area contributed by atoms with Gasteiger partial charge >= 0.3 is 0 Å². The lowest BCUT2D eigenvalue weighted by atomic mass is 10.0. The van der Waals surface area contributed by atoms with Gasteiger partial charge in [0.1, 0.15) is 0 Å². The van der Waals surface area contributed by atoms with E-state index in [1.165, 1.54) is 25.9 Å². The number of hydrogen-bond acceptors (Lipinski definition) is 3. The molecule has 0 amide bonds. The Morgan fingerprint density at radius 3 is 2.04 bits per heavy atom. The minimum atomic E-state index is 0. The van der Waals surface area contributed by atoms with E-state index < -0.39 is 0 Å². The lowest BCUT2D eigenvalue weighted by Crippen LogP contribution is -2.51. The van der Waals surface area contributed by atoms with Gasteiger partial charge in [-0.3, -0.25) is 9.89 Å². The van der Waals surface area contributed by atoms with Crippen LogP contribution >= 0.6 is 24.0 Å². The van der Waals surface area contributed by atoms with Crippen LogP contribution in [0.3, 0.4) is 0 Å². The van der Waals surface area contributed by atoms with E-state index in [9.17, 15) is 0 Å². The van der Waals surface area contributed by atoms with Gasteiger partial charge in [0.2, 0.25) is 0 Å². The van der Waals surface area contributed by atoms with Crippen molar-refractivity contribution in [2.75, 3.05) is 33.2 Å². The van der Waals surface area contributed by atoms with Gasteiger partial charge in [0, 0.05) is 57.4 Å². The Balaban J connectivity index is 0.00000529. The molecule has 1 rings (SSSR count). The summed E-state index contributed by atoms with van der Waals surface area (Å²) >= 11 is 0. The van der Waals surface area contributed by atoms with Gasteiger partial charge in [0.15, 0.2) is 5.96 Å². The molecule has 0 aliphatic carbocycles. The SMILES string of the molecule is CN=C(NCCN(C(C)C)C(C)C)NC1CCN(C(C)C)CC1.I. The number of likely N-dealkylation sites (tertiary alicyclic amines) is 1. The maximum absolute atomic E-state index is 4.39. The van der Waals surface area contributed by atoms with Crippen molar-refractivity contribution in [3.05, 3.63) is 0 Å². The van der Waals surface area contributed by atoms with Crippen LogP contribution in [0.1, 0.15) is 54.4 Å². The van der Waals surface area contributed by atoms with Crippen molar-refractivity contribution in [2.45, 2.75) is 78.6 Å². The molecule has 0 atom stereocenters. The zero-order valence-corrected chi connectivity index (χ0v) is 19.1. The predicted octanol–water partition coefficient (Wildman–Crippen LogP) is 2.76. The average molecular weight is 453 g/mol. The maximum atomic E-state index is 4.39. The zero-order valence-electron chi connectivity index (χ0n) is 16.8. The van der Waals surface area contributed by atoms with Crippen molar-refractivity contribution in [1.82, 2.24) is 20.4 Å². The Morgan fingerprint density at radius 2 is 1.62 bits per heavy atom.